The van der Waals surface area contributed by atoms with E-state index in [1.165, 1.54) is 0 Å². The van der Waals surface area contributed by atoms with Crippen LogP contribution < -0.4 is 9.47 Å². The van der Waals surface area contributed by atoms with Crippen molar-refractivity contribution in [2.45, 2.75) is 0 Å². The number of esters is 2. The Hall–Kier alpha value is -4.29. The molecule has 0 aliphatic carbocycles. The number of rotatable bonds is 5. The Kier molecular flexibility index (Phi) is 6.37. The summed E-state index contributed by atoms with van der Waals surface area (Å²) in [5, 5.41) is 0.655. The maximum absolute atomic E-state index is 13.4. The van der Waals surface area contributed by atoms with Crippen LogP contribution in [0.4, 0.5) is 0 Å². The number of ether oxygens (including phenoxy) is 2. The largest absolute Gasteiger partial charge is 0.423 e. The average molecular weight is 524 g/mol. The summed E-state index contributed by atoms with van der Waals surface area (Å²) in [6.45, 7) is 0. The number of pyridine rings is 1. The van der Waals surface area contributed by atoms with Gasteiger partial charge < -0.3 is 9.47 Å². The van der Waals surface area contributed by atoms with Gasteiger partial charge in [-0.15, -0.1) is 0 Å². The molecule has 0 unspecified atom stereocenters. The van der Waals surface area contributed by atoms with Crippen molar-refractivity contribution in [3.05, 3.63) is 125 Å². The summed E-state index contributed by atoms with van der Waals surface area (Å²) in [5.41, 5.74) is 2.66. The zero-order valence-corrected chi connectivity index (χ0v) is 19.9. The van der Waals surface area contributed by atoms with Gasteiger partial charge in [0, 0.05) is 15.4 Å². The topological polar surface area (TPSA) is 65.5 Å². The predicted molar refractivity (Wildman–Crippen MR) is 138 cm³/mol. The quantitative estimate of drug-likeness (QED) is 0.181. The van der Waals surface area contributed by atoms with Crippen molar-refractivity contribution < 1.29 is 19.1 Å². The Labute approximate surface area is 210 Å². The number of carbonyl (C=O) groups excluding carboxylic acids is 2. The fourth-order valence-electron chi connectivity index (χ4n) is 3.64. The van der Waals surface area contributed by atoms with Gasteiger partial charge in [0.15, 0.2) is 0 Å². The molecule has 170 valence electrons. The fourth-order valence-corrected chi connectivity index (χ4v) is 3.91. The molecule has 1 aromatic heterocycles. The van der Waals surface area contributed by atoms with Crippen molar-refractivity contribution in [2.75, 3.05) is 0 Å². The molecule has 0 atom stereocenters. The molecule has 0 aliphatic heterocycles. The summed E-state index contributed by atoms with van der Waals surface area (Å²) in [6.07, 6.45) is 0. The molecule has 0 bridgehead atoms. The Morgan fingerprint density at radius 3 is 2.11 bits per heavy atom. The highest BCUT2D eigenvalue weighted by molar-refractivity contribution is 9.10. The summed E-state index contributed by atoms with van der Waals surface area (Å²) in [4.78, 5) is 30.9. The lowest BCUT2D eigenvalue weighted by molar-refractivity contribution is 0.0708. The van der Waals surface area contributed by atoms with Gasteiger partial charge in [0.1, 0.15) is 17.1 Å². The van der Waals surface area contributed by atoms with E-state index in [1.54, 1.807) is 54.6 Å². The van der Waals surface area contributed by atoms with Gasteiger partial charge in [-0.1, -0.05) is 76.6 Å². The third-order valence-corrected chi connectivity index (χ3v) is 5.87. The molecule has 35 heavy (non-hydrogen) atoms. The Morgan fingerprint density at radius 1 is 0.657 bits per heavy atom. The van der Waals surface area contributed by atoms with E-state index in [2.05, 4.69) is 15.9 Å². The first-order valence-corrected chi connectivity index (χ1v) is 11.6. The summed E-state index contributed by atoms with van der Waals surface area (Å²) in [6, 6.07) is 32.0. The Bertz CT molecular complexity index is 1530. The maximum Gasteiger partial charge on any atom is 0.347 e. The number of hydrogen-bond donors (Lipinski definition) is 0. The zero-order valence-electron chi connectivity index (χ0n) is 18.4. The maximum atomic E-state index is 13.4. The second-order valence-corrected chi connectivity index (χ2v) is 8.58. The van der Waals surface area contributed by atoms with Gasteiger partial charge >= 0.3 is 11.9 Å². The number of carbonyl (C=O) groups is 2. The van der Waals surface area contributed by atoms with Crippen LogP contribution in [0.1, 0.15) is 20.7 Å². The molecule has 1 heterocycles. The summed E-state index contributed by atoms with van der Waals surface area (Å²) in [5.74, 6) is -0.695. The predicted octanol–water partition coefficient (Wildman–Crippen LogP) is 7.10. The van der Waals surface area contributed by atoms with E-state index in [0.717, 1.165) is 10.0 Å². The molecule has 5 aromatic rings. The van der Waals surface area contributed by atoms with Crippen molar-refractivity contribution in [2.24, 2.45) is 0 Å². The number of para-hydroxylation sites is 3. The lowest BCUT2D eigenvalue weighted by atomic mass is 10.0. The molecule has 5 rings (SSSR count). The van der Waals surface area contributed by atoms with Crippen molar-refractivity contribution in [3.8, 4) is 22.8 Å². The van der Waals surface area contributed by atoms with E-state index in [9.17, 15) is 9.59 Å². The summed E-state index contributed by atoms with van der Waals surface area (Å²) in [7, 11) is 0. The van der Waals surface area contributed by atoms with Crippen LogP contribution in [0.3, 0.4) is 0 Å². The smallest absolute Gasteiger partial charge is 0.347 e. The second kappa shape index (κ2) is 9.91. The molecule has 0 fully saturated rings. The fraction of sp³-hybridized carbons (Fsp3) is 0. The first-order valence-electron chi connectivity index (χ1n) is 10.8. The first-order chi connectivity index (χ1) is 17.1. The van der Waals surface area contributed by atoms with E-state index in [1.807, 2.05) is 54.6 Å². The highest BCUT2D eigenvalue weighted by Crippen LogP contribution is 2.28. The van der Waals surface area contributed by atoms with Gasteiger partial charge in [-0.05, 0) is 48.5 Å². The SMILES string of the molecule is O=C(Oc1ccccc1)c1ccccc1OC(=O)c1cc(-c2ccc(Br)cc2)nc2ccccc12. The molecular weight excluding hydrogens is 506 g/mol. The lowest BCUT2D eigenvalue weighted by Crippen LogP contribution is -2.15. The van der Waals surface area contributed by atoms with Crippen LogP contribution in [0, 0.1) is 0 Å². The van der Waals surface area contributed by atoms with Crippen LogP contribution in [-0.4, -0.2) is 16.9 Å². The van der Waals surface area contributed by atoms with Gasteiger partial charge in [-0.3, -0.25) is 0 Å². The standard InChI is InChI=1S/C29H18BrNO4/c30-20-16-14-19(15-17-20)26-18-24(22-10-4-6-12-25(22)31-26)29(33)35-27-13-7-5-11-23(27)28(32)34-21-8-2-1-3-9-21/h1-18H. The minimum absolute atomic E-state index is 0.115. The molecule has 0 spiro atoms. The van der Waals surface area contributed by atoms with E-state index >= 15 is 0 Å². The minimum Gasteiger partial charge on any atom is -0.423 e. The number of nitrogens with zero attached hydrogens (tertiary/aromatic N) is 1. The number of fused-ring (bicyclic) bond motifs is 1. The molecule has 5 nitrogen and oxygen atoms in total. The van der Waals surface area contributed by atoms with Crippen LogP contribution in [0.5, 0.6) is 11.5 Å². The number of benzene rings is 4. The van der Waals surface area contributed by atoms with Crippen LogP contribution >= 0.6 is 15.9 Å². The first kappa shape index (κ1) is 22.5. The zero-order chi connectivity index (χ0) is 24.2. The van der Waals surface area contributed by atoms with Crippen LogP contribution in [0.25, 0.3) is 22.2 Å². The van der Waals surface area contributed by atoms with Crippen molar-refractivity contribution in [3.63, 3.8) is 0 Å². The monoisotopic (exact) mass is 523 g/mol. The van der Waals surface area contributed by atoms with Gasteiger partial charge in [0.2, 0.25) is 0 Å². The molecular formula is C29H18BrNO4. The number of aromatic nitrogens is 1. The molecule has 0 aliphatic rings. The average Bonchev–Trinajstić information content (AvgIpc) is 2.89. The molecule has 0 N–H and O–H groups in total. The van der Waals surface area contributed by atoms with E-state index in [4.69, 9.17) is 14.5 Å². The molecule has 0 saturated carbocycles. The lowest BCUT2D eigenvalue weighted by Gasteiger charge is -2.12. The van der Waals surface area contributed by atoms with Crippen LogP contribution in [0.15, 0.2) is 114 Å². The van der Waals surface area contributed by atoms with Gasteiger partial charge in [0.25, 0.3) is 0 Å². The van der Waals surface area contributed by atoms with Crippen LogP contribution in [0.2, 0.25) is 0 Å². The Balaban J connectivity index is 1.50. The van der Waals surface area contributed by atoms with E-state index in [-0.39, 0.29) is 11.3 Å². The second-order valence-electron chi connectivity index (χ2n) is 7.67. The molecule has 0 saturated heterocycles. The van der Waals surface area contributed by atoms with Gasteiger partial charge in [-0.2, -0.15) is 0 Å². The van der Waals surface area contributed by atoms with Gasteiger partial charge in [0.05, 0.1) is 16.8 Å². The van der Waals surface area contributed by atoms with Crippen molar-refractivity contribution in [1.82, 2.24) is 4.98 Å². The highest BCUT2D eigenvalue weighted by Gasteiger charge is 2.20. The minimum atomic E-state index is -0.616. The molecule has 0 amide bonds. The van der Waals surface area contributed by atoms with Crippen molar-refractivity contribution in [1.29, 1.82) is 0 Å². The molecule has 4 aromatic carbocycles. The van der Waals surface area contributed by atoms with E-state index in [0.29, 0.717) is 27.9 Å². The molecule has 6 heteroatoms. The number of hydrogen-bond acceptors (Lipinski definition) is 5. The third-order valence-electron chi connectivity index (χ3n) is 5.34. The van der Waals surface area contributed by atoms with Crippen LogP contribution in [-0.2, 0) is 0 Å². The third kappa shape index (κ3) is 4.98. The molecule has 0 radical (unpaired) electrons. The normalized spacial score (nSPS) is 10.7. The highest BCUT2D eigenvalue weighted by atomic mass is 79.9. The van der Waals surface area contributed by atoms with E-state index < -0.39 is 11.9 Å². The summed E-state index contributed by atoms with van der Waals surface area (Å²) >= 11 is 3.44. The van der Waals surface area contributed by atoms with Crippen molar-refractivity contribution >= 4 is 38.8 Å². The summed E-state index contributed by atoms with van der Waals surface area (Å²) < 4.78 is 12.1. The number of halogens is 1. The van der Waals surface area contributed by atoms with Gasteiger partial charge in [-0.25, -0.2) is 14.6 Å². The Morgan fingerprint density at radius 2 is 1.31 bits per heavy atom.